The molecule has 0 saturated heterocycles. The van der Waals surface area contributed by atoms with Crippen LogP contribution in [0.2, 0.25) is 0 Å². The lowest BCUT2D eigenvalue weighted by molar-refractivity contribution is 0.687. The molecule has 1 N–H and O–H groups in total. The second-order valence-corrected chi connectivity index (χ2v) is 5.14. The summed E-state index contributed by atoms with van der Waals surface area (Å²) in [7, 11) is 1.99. The number of hydrogen-bond donors (Lipinski definition) is 1. The van der Waals surface area contributed by atoms with Crippen LogP contribution in [0.5, 0.6) is 0 Å². The summed E-state index contributed by atoms with van der Waals surface area (Å²) < 4.78 is 1.93. The van der Waals surface area contributed by atoms with Gasteiger partial charge in [0.1, 0.15) is 0 Å². The van der Waals surface area contributed by atoms with Crippen molar-refractivity contribution in [3.05, 3.63) is 41.6 Å². The van der Waals surface area contributed by atoms with E-state index in [1.807, 2.05) is 17.9 Å². The maximum Gasteiger partial charge on any atom is 0.0681 e. The van der Waals surface area contributed by atoms with Crippen molar-refractivity contribution in [1.29, 1.82) is 0 Å². The Labute approximate surface area is 108 Å². The van der Waals surface area contributed by atoms with E-state index in [9.17, 15) is 0 Å². The van der Waals surface area contributed by atoms with Gasteiger partial charge in [-0.2, -0.15) is 5.10 Å². The van der Waals surface area contributed by atoms with Gasteiger partial charge in [-0.3, -0.25) is 4.68 Å². The highest BCUT2D eigenvalue weighted by Crippen LogP contribution is 2.25. The summed E-state index contributed by atoms with van der Waals surface area (Å²) in [5, 5.41) is 7.81. The monoisotopic (exact) mass is 241 g/mol. The smallest absolute Gasteiger partial charge is 0.0681 e. The van der Waals surface area contributed by atoms with Crippen molar-refractivity contribution in [1.82, 2.24) is 15.1 Å². The molecule has 1 aromatic heterocycles. The number of rotatable bonds is 4. The average molecular weight is 241 g/mol. The zero-order valence-electron chi connectivity index (χ0n) is 11.0. The van der Waals surface area contributed by atoms with E-state index in [4.69, 9.17) is 0 Å². The quantitative estimate of drug-likeness (QED) is 0.892. The third kappa shape index (κ3) is 2.31. The lowest BCUT2D eigenvalue weighted by atomic mass is 10.0. The van der Waals surface area contributed by atoms with E-state index >= 15 is 0 Å². The van der Waals surface area contributed by atoms with E-state index < -0.39 is 0 Å². The lowest BCUT2D eigenvalue weighted by Gasteiger charge is -2.10. The Bertz CT molecular complexity index is 553. The van der Waals surface area contributed by atoms with E-state index in [-0.39, 0.29) is 0 Å². The molecule has 3 nitrogen and oxygen atoms in total. The first kappa shape index (κ1) is 11.5. The highest BCUT2D eigenvalue weighted by molar-refractivity contribution is 5.64. The number of aryl methyl sites for hydroxylation is 2. The maximum absolute atomic E-state index is 4.25. The Kier molecular flexibility index (Phi) is 2.92. The first-order valence-corrected chi connectivity index (χ1v) is 6.55. The Morgan fingerprint density at radius 2 is 2.17 bits per heavy atom. The molecule has 94 valence electrons. The van der Waals surface area contributed by atoms with Gasteiger partial charge < -0.3 is 5.32 Å². The van der Waals surface area contributed by atoms with Crippen LogP contribution in [0.3, 0.4) is 0 Å². The molecule has 2 aromatic rings. The van der Waals surface area contributed by atoms with Crippen LogP contribution in [0.25, 0.3) is 11.3 Å². The van der Waals surface area contributed by atoms with Gasteiger partial charge in [-0.1, -0.05) is 12.1 Å². The van der Waals surface area contributed by atoms with Crippen LogP contribution < -0.4 is 5.32 Å². The van der Waals surface area contributed by atoms with Crippen molar-refractivity contribution in [2.75, 3.05) is 0 Å². The van der Waals surface area contributed by atoms with E-state index in [0.717, 1.165) is 12.6 Å². The fraction of sp³-hybridized carbons (Fsp3) is 0.400. The standard InChI is InChI=1S/C15H19N3/c1-11-3-4-12(10-16-13-5-6-13)9-14(11)15-7-8-17-18(15)2/h3-4,7-9,13,16H,5-6,10H2,1-2H3. The van der Waals surface area contributed by atoms with Gasteiger partial charge >= 0.3 is 0 Å². The largest absolute Gasteiger partial charge is 0.310 e. The normalized spacial score (nSPS) is 15.0. The van der Waals surface area contributed by atoms with E-state index in [2.05, 4.69) is 41.6 Å². The molecule has 1 saturated carbocycles. The number of aromatic nitrogens is 2. The van der Waals surface area contributed by atoms with Crippen LogP contribution >= 0.6 is 0 Å². The minimum Gasteiger partial charge on any atom is -0.310 e. The van der Waals surface area contributed by atoms with E-state index in [1.165, 1.54) is 35.2 Å². The van der Waals surface area contributed by atoms with Crippen molar-refractivity contribution < 1.29 is 0 Å². The molecule has 0 atom stereocenters. The lowest BCUT2D eigenvalue weighted by Crippen LogP contribution is -2.15. The molecule has 3 heteroatoms. The average Bonchev–Trinajstić information content (AvgIpc) is 3.10. The summed E-state index contributed by atoms with van der Waals surface area (Å²) in [5.74, 6) is 0. The molecule has 1 aromatic carbocycles. The molecule has 1 aliphatic carbocycles. The second kappa shape index (κ2) is 4.58. The van der Waals surface area contributed by atoms with Crippen molar-refractivity contribution in [2.24, 2.45) is 7.05 Å². The molecule has 0 bridgehead atoms. The van der Waals surface area contributed by atoms with Crippen LogP contribution in [0.4, 0.5) is 0 Å². The van der Waals surface area contributed by atoms with E-state index in [0.29, 0.717) is 0 Å². The molecule has 1 heterocycles. The van der Waals surface area contributed by atoms with Gasteiger partial charge in [0.2, 0.25) is 0 Å². The van der Waals surface area contributed by atoms with Gasteiger partial charge in [-0.15, -0.1) is 0 Å². The molecule has 0 unspecified atom stereocenters. The molecule has 18 heavy (non-hydrogen) atoms. The van der Waals surface area contributed by atoms with Crippen LogP contribution in [0.15, 0.2) is 30.5 Å². The molecular formula is C15H19N3. The van der Waals surface area contributed by atoms with Crippen LogP contribution in [0, 0.1) is 6.92 Å². The summed E-state index contributed by atoms with van der Waals surface area (Å²) in [6.07, 6.45) is 4.52. The van der Waals surface area contributed by atoms with Gasteiger partial charge in [0.15, 0.2) is 0 Å². The van der Waals surface area contributed by atoms with Gasteiger partial charge in [0.25, 0.3) is 0 Å². The number of hydrogen-bond acceptors (Lipinski definition) is 2. The number of nitrogens with one attached hydrogen (secondary N) is 1. The van der Waals surface area contributed by atoms with Crippen LogP contribution in [-0.4, -0.2) is 15.8 Å². The van der Waals surface area contributed by atoms with Crippen molar-refractivity contribution >= 4 is 0 Å². The van der Waals surface area contributed by atoms with Crippen LogP contribution in [0.1, 0.15) is 24.0 Å². The number of nitrogens with zero attached hydrogens (tertiary/aromatic N) is 2. The highest BCUT2D eigenvalue weighted by Gasteiger charge is 2.20. The van der Waals surface area contributed by atoms with Gasteiger partial charge in [-0.25, -0.2) is 0 Å². The fourth-order valence-electron chi connectivity index (χ4n) is 2.24. The Balaban J connectivity index is 1.87. The molecule has 0 amide bonds. The van der Waals surface area contributed by atoms with Crippen molar-refractivity contribution in [3.63, 3.8) is 0 Å². The molecule has 1 aliphatic rings. The SMILES string of the molecule is Cc1ccc(CNC2CC2)cc1-c1ccnn1C. The summed E-state index contributed by atoms with van der Waals surface area (Å²) in [6, 6.07) is 9.52. The summed E-state index contributed by atoms with van der Waals surface area (Å²) in [6.45, 7) is 3.12. The minimum absolute atomic E-state index is 0.756. The zero-order chi connectivity index (χ0) is 12.5. The Morgan fingerprint density at radius 1 is 1.33 bits per heavy atom. The molecule has 3 rings (SSSR count). The van der Waals surface area contributed by atoms with Gasteiger partial charge in [-0.05, 0) is 43.0 Å². The maximum atomic E-state index is 4.25. The van der Waals surface area contributed by atoms with Gasteiger partial charge in [0.05, 0.1) is 5.69 Å². The molecule has 0 spiro atoms. The molecule has 0 aliphatic heterocycles. The summed E-state index contributed by atoms with van der Waals surface area (Å²) in [5.41, 5.74) is 5.11. The number of benzene rings is 1. The Morgan fingerprint density at radius 3 is 2.83 bits per heavy atom. The summed E-state index contributed by atoms with van der Waals surface area (Å²) in [4.78, 5) is 0. The molecular weight excluding hydrogens is 222 g/mol. The summed E-state index contributed by atoms with van der Waals surface area (Å²) >= 11 is 0. The minimum atomic E-state index is 0.756. The van der Waals surface area contributed by atoms with E-state index in [1.54, 1.807) is 0 Å². The first-order chi connectivity index (χ1) is 8.74. The molecule has 0 radical (unpaired) electrons. The fourth-order valence-corrected chi connectivity index (χ4v) is 2.24. The van der Waals surface area contributed by atoms with Gasteiger partial charge in [0, 0.05) is 31.4 Å². The third-order valence-corrected chi connectivity index (χ3v) is 3.57. The first-order valence-electron chi connectivity index (χ1n) is 6.55. The predicted molar refractivity (Wildman–Crippen MR) is 73.2 cm³/mol. The topological polar surface area (TPSA) is 29.9 Å². The Hall–Kier alpha value is -1.61. The zero-order valence-corrected chi connectivity index (χ0v) is 11.0. The van der Waals surface area contributed by atoms with Crippen molar-refractivity contribution in [3.8, 4) is 11.3 Å². The predicted octanol–water partition coefficient (Wildman–Crippen LogP) is 2.65. The highest BCUT2D eigenvalue weighted by atomic mass is 15.3. The second-order valence-electron chi connectivity index (χ2n) is 5.14. The molecule has 1 fully saturated rings. The van der Waals surface area contributed by atoms with Crippen LogP contribution in [-0.2, 0) is 13.6 Å². The third-order valence-electron chi connectivity index (χ3n) is 3.57. The van der Waals surface area contributed by atoms with Crippen molar-refractivity contribution in [2.45, 2.75) is 32.4 Å².